The molecule has 0 aromatic heterocycles. The first-order chi connectivity index (χ1) is 7.38. The summed E-state index contributed by atoms with van der Waals surface area (Å²) in [4.78, 5) is 32.8. The molecule has 2 unspecified atom stereocenters. The third-order valence-corrected chi connectivity index (χ3v) is 1.83. The number of carbonyl (C=O) groups is 3. The number of carboxylic acid groups (broad SMARTS) is 1. The van der Waals surface area contributed by atoms with E-state index >= 15 is 0 Å². The van der Waals surface area contributed by atoms with Crippen molar-refractivity contribution >= 4 is 17.8 Å². The van der Waals surface area contributed by atoms with Crippen LogP contribution < -0.4 is 10.6 Å². The first kappa shape index (κ1) is 14.2. The van der Waals surface area contributed by atoms with Crippen molar-refractivity contribution < 1.29 is 19.5 Å². The van der Waals surface area contributed by atoms with E-state index in [4.69, 9.17) is 5.11 Å². The second-order valence-electron chi connectivity index (χ2n) is 3.35. The van der Waals surface area contributed by atoms with Gasteiger partial charge < -0.3 is 15.7 Å². The van der Waals surface area contributed by atoms with E-state index in [9.17, 15) is 14.4 Å². The third kappa shape index (κ3) is 5.14. The number of rotatable bonds is 6. The molecule has 0 aromatic carbocycles. The van der Waals surface area contributed by atoms with Gasteiger partial charge in [0.15, 0.2) is 0 Å². The minimum Gasteiger partial charge on any atom is -0.480 e. The summed E-state index contributed by atoms with van der Waals surface area (Å²) >= 11 is 0. The monoisotopic (exact) mass is 228 g/mol. The van der Waals surface area contributed by atoms with E-state index in [0.717, 1.165) is 0 Å². The van der Waals surface area contributed by atoms with Gasteiger partial charge in [-0.15, -0.1) is 6.58 Å². The Hall–Kier alpha value is -1.85. The van der Waals surface area contributed by atoms with E-state index in [0.29, 0.717) is 0 Å². The largest absolute Gasteiger partial charge is 0.480 e. The van der Waals surface area contributed by atoms with Crippen LogP contribution in [0.15, 0.2) is 12.7 Å². The lowest BCUT2D eigenvalue weighted by molar-refractivity contribution is -0.142. The van der Waals surface area contributed by atoms with Gasteiger partial charge in [-0.3, -0.25) is 9.59 Å². The molecule has 0 aliphatic heterocycles. The molecule has 3 N–H and O–H groups in total. The van der Waals surface area contributed by atoms with Crippen LogP contribution in [0.25, 0.3) is 0 Å². The third-order valence-electron chi connectivity index (χ3n) is 1.83. The summed E-state index contributed by atoms with van der Waals surface area (Å²) in [5.41, 5.74) is 0. The molecule has 0 spiro atoms. The normalized spacial score (nSPS) is 13.4. The Bertz CT molecular complexity index is 301. The van der Waals surface area contributed by atoms with Gasteiger partial charge in [-0.05, 0) is 13.3 Å². The van der Waals surface area contributed by atoms with Crippen LogP contribution in [-0.4, -0.2) is 35.0 Å². The highest BCUT2D eigenvalue weighted by molar-refractivity contribution is 5.89. The molecule has 0 saturated heterocycles. The van der Waals surface area contributed by atoms with Crippen LogP contribution in [0.2, 0.25) is 0 Å². The highest BCUT2D eigenvalue weighted by atomic mass is 16.4. The second-order valence-corrected chi connectivity index (χ2v) is 3.35. The van der Waals surface area contributed by atoms with E-state index in [1.54, 1.807) is 0 Å². The molecule has 2 atom stereocenters. The van der Waals surface area contributed by atoms with Crippen molar-refractivity contribution in [2.75, 3.05) is 0 Å². The molecule has 0 aliphatic carbocycles. The number of nitrogens with one attached hydrogen (secondary N) is 2. The molecule has 0 rings (SSSR count). The Morgan fingerprint density at radius 1 is 1.38 bits per heavy atom. The van der Waals surface area contributed by atoms with E-state index in [1.165, 1.54) is 19.9 Å². The van der Waals surface area contributed by atoms with Crippen molar-refractivity contribution in [3.8, 4) is 0 Å². The average Bonchev–Trinajstić information content (AvgIpc) is 2.15. The SMILES string of the molecule is C=CCC(NC(=O)C(C)NC(C)=O)C(=O)O. The van der Waals surface area contributed by atoms with E-state index in [-0.39, 0.29) is 12.3 Å². The van der Waals surface area contributed by atoms with Gasteiger partial charge in [0.2, 0.25) is 11.8 Å². The number of amides is 2. The van der Waals surface area contributed by atoms with E-state index in [2.05, 4.69) is 17.2 Å². The highest BCUT2D eigenvalue weighted by Crippen LogP contribution is 1.94. The van der Waals surface area contributed by atoms with E-state index < -0.39 is 24.0 Å². The van der Waals surface area contributed by atoms with Crippen molar-refractivity contribution in [2.24, 2.45) is 0 Å². The first-order valence-corrected chi connectivity index (χ1v) is 4.79. The van der Waals surface area contributed by atoms with Gasteiger partial charge >= 0.3 is 5.97 Å². The fraction of sp³-hybridized carbons (Fsp3) is 0.500. The van der Waals surface area contributed by atoms with Crippen molar-refractivity contribution in [1.82, 2.24) is 10.6 Å². The predicted molar refractivity (Wildman–Crippen MR) is 57.7 cm³/mol. The molecular weight excluding hydrogens is 212 g/mol. The van der Waals surface area contributed by atoms with Crippen LogP contribution in [0, 0.1) is 0 Å². The summed E-state index contributed by atoms with van der Waals surface area (Å²) in [5, 5.41) is 13.4. The number of carboxylic acids is 1. The molecule has 0 bridgehead atoms. The Morgan fingerprint density at radius 2 is 1.94 bits per heavy atom. The number of carbonyl (C=O) groups excluding carboxylic acids is 2. The lowest BCUT2D eigenvalue weighted by atomic mass is 10.2. The zero-order chi connectivity index (χ0) is 12.7. The quantitative estimate of drug-likeness (QED) is 0.542. The number of aliphatic carboxylic acids is 1. The maximum absolute atomic E-state index is 11.4. The Labute approximate surface area is 93.7 Å². The topological polar surface area (TPSA) is 95.5 Å². The van der Waals surface area contributed by atoms with Crippen molar-refractivity contribution in [3.63, 3.8) is 0 Å². The Balaban J connectivity index is 4.33. The first-order valence-electron chi connectivity index (χ1n) is 4.79. The van der Waals surface area contributed by atoms with Crippen molar-refractivity contribution in [2.45, 2.75) is 32.4 Å². The van der Waals surface area contributed by atoms with Gasteiger partial charge in [0, 0.05) is 6.92 Å². The van der Waals surface area contributed by atoms with Gasteiger partial charge in [0.05, 0.1) is 0 Å². The fourth-order valence-electron chi connectivity index (χ4n) is 1.06. The number of hydrogen-bond acceptors (Lipinski definition) is 3. The maximum Gasteiger partial charge on any atom is 0.326 e. The number of hydrogen-bond donors (Lipinski definition) is 3. The van der Waals surface area contributed by atoms with Gasteiger partial charge in [-0.25, -0.2) is 4.79 Å². The summed E-state index contributed by atoms with van der Waals surface area (Å²) in [6.45, 7) is 6.15. The highest BCUT2D eigenvalue weighted by Gasteiger charge is 2.21. The van der Waals surface area contributed by atoms with Crippen LogP contribution in [0.4, 0.5) is 0 Å². The lowest BCUT2D eigenvalue weighted by Crippen LogP contribution is -2.49. The summed E-state index contributed by atoms with van der Waals surface area (Å²) in [7, 11) is 0. The molecular formula is C10H16N2O4. The molecule has 0 aliphatic rings. The maximum atomic E-state index is 11.4. The van der Waals surface area contributed by atoms with Crippen molar-refractivity contribution in [1.29, 1.82) is 0 Å². The zero-order valence-corrected chi connectivity index (χ0v) is 9.32. The summed E-state index contributed by atoms with van der Waals surface area (Å²) in [5.74, 6) is -2.02. The van der Waals surface area contributed by atoms with Crippen LogP contribution in [0.5, 0.6) is 0 Å². The van der Waals surface area contributed by atoms with Gasteiger partial charge in [0.25, 0.3) is 0 Å². The smallest absolute Gasteiger partial charge is 0.326 e. The van der Waals surface area contributed by atoms with Crippen LogP contribution in [0.1, 0.15) is 20.3 Å². The molecule has 2 amide bonds. The minimum absolute atomic E-state index is 0.133. The fourth-order valence-corrected chi connectivity index (χ4v) is 1.06. The van der Waals surface area contributed by atoms with E-state index in [1.807, 2.05) is 0 Å². The minimum atomic E-state index is -1.14. The molecule has 0 radical (unpaired) electrons. The molecule has 90 valence electrons. The van der Waals surface area contributed by atoms with Gasteiger partial charge in [-0.2, -0.15) is 0 Å². The molecule has 0 aromatic rings. The molecule has 16 heavy (non-hydrogen) atoms. The van der Waals surface area contributed by atoms with Crippen LogP contribution in [0.3, 0.4) is 0 Å². The molecule has 0 fully saturated rings. The van der Waals surface area contributed by atoms with Crippen LogP contribution >= 0.6 is 0 Å². The summed E-state index contributed by atoms with van der Waals surface area (Å²) in [6, 6.07) is -1.77. The molecule has 0 saturated carbocycles. The van der Waals surface area contributed by atoms with Crippen molar-refractivity contribution in [3.05, 3.63) is 12.7 Å². The Morgan fingerprint density at radius 3 is 2.31 bits per heavy atom. The summed E-state index contributed by atoms with van der Waals surface area (Å²) < 4.78 is 0. The van der Waals surface area contributed by atoms with Gasteiger partial charge in [-0.1, -0.05) is 6.08 Å². The van der Waals surface area contributed by atoms with Crippen LogP contribution in [-0.2, 0) is 14.4 Å². The average molecular weight is 228 g/mol. The predicted octanol–water partition coefficient (Wildman–Crippen LogP) is -0.343. The molecule has 0 heterocycles. The lowest BCUT2D eigenvalue weighted by Gasteiger charge is -2.16. The Kier molecular flexibility index (Phi) is 5.84. The second kappa shape index (κ2) is 6.60. The molecule has 6 heteroatoms. The standard InChI is InChI=1S/C10H16N2O4/c1-4-5-8(10(15)16)12-9(14)6(2)11-7(3)13/h4,6,8H,1,5H2,2-3H3,(H,11,13)(H,12,14)(H,15,16). The zero-order valence-electron chi connectivity index (χ0n) is 9.32. The molecule has 6 nitrogen and oxygen atoms in total. The summed E-state index contributed by atoms with van der Waals surface area (Å²) in [6.07, 6.45) is 1.54. The van der Waals surface area contributed by atoms with Gasteiger partial charge in [0.1, 0.15) is 12.1 Å².